The van der Waals surface area contributed by atoms with Gasteiger partial charge in [0.15, 0.2) is 0 Å². The number of anilines is 1. The number of carbonyl (C=O) groups is 2. The van der Waals surface area contributed by atoms with Crippen molar-refractivity contribution in [1.29, 1.82) is 0 Å². The molecule has 1 aromatic heterocycles. The Labute approximate surface area is 125 Å². The number of halogens is 2. The van der Waals surface area contributed by atoms with E-state index in [9.17, 15) is 14.7 Å². The third kappa shape index (κ3) is 3.37. The molecule has 108 valence electrons. The summed E-state index contributed by atoms with van der Waals surface area (Å²) in [5, 5.41) is 11.9. The van der Waals surface area contributed by atoms with Crippen LogP contribution in [0.2, 0.25) is 10.4 Å². The maximum Gasteiger partial charge on any atom is 0.310 e. The van der Waals surface area contributed by atoms with Gasteiger partial charge >= 0.3 is 5.97 Å². The Bertz CT molecular complexity index is 524. The third-order valence-electron chi connectivity index (χ3n) is 3.45. The fourth-order valence-electron chi connectivity index (χ4n) is 2.47. The lowest BCUT2D eigenvalue weighted by Gasteiger charge is -2.22. The smallest absolute Gasteiger partial charge is 0.310 e. The molecule has 0 spiro atoms. The first kappa shape index (κ1) is 15.0. The first-order valence-electron chi connectivity index (χ1n) is 6.15. The van der Waals surface area contributed by atoms with Crippen molar-refractivity contribution in [3.63, 3.8) is 0 Å². The molecule has 1 saturated carbocycles. The molecule has 1 heterocycles. The second-order valence-corrected chi connectivity index (χ2v) is 5.59. The topological polar surface area (TPSA) is 92.2 Å². The zero-order chi connectivity index (χ0) is 14.8. The minimum absolute atomic E-state index is 0.0818. The van der Waals surface area contributed by atoms with Gasteiger partial charge in [0, 0.05) is 12.5 Å². The largest absolute Gasteiger partial charge is 0.481 e. The van der Waals surface area contributed by atoms with Crippen LogP contribution < -0.4 is 5.32 Å². The zero-order valence-corrected chi connectivity index (χ0v) is 12.0. The molecule has 2 rings (SSSR count). The highest BCUT2D eigenvalue weighted by Gasteiger charge is 2.43. The van der Waals surface area contributed by atoms with E-state index in [-0.39, 0.29) is 22.7 Å². The normalized spacial score (nSPS) is 16.9. The first-order chi connectivity index (χ1) is 9.41. The second kappa shape index (κ2) is 5.93. The quantitative estimate of drug-likeness (QED) is 0.658. The lowest BCUT2D eigenvalue weighted by molar-refractivity contribution is -0.150. The molecule has 1 amide bonds. The molecule has 8 heteroatoms. The lowest BCUT2D eigenvalue weighted by Crippen LogP contribution is -2.32. The van der Waals surface area contributed by atoms with Gasteiger partial charge in [-0.05, 0) is 24.4 Å². The number of carbonyl (C=O) groups excluding carboxylic acids is 1. The number of aliphatic carboxylic acids is 1. The van der Waals surface area contributed by atoms with Crippen molar-refractivity contribution in [3.05, 3.63) is 16.5 Å². The van der Waals surface area contributed by atoms with Gasteiger partial charge in [0.1, 0.15) is 11.0 Å². The Morgan fingerprint density at radius 3 is 2.50 bits per heavy atom. The SMILES string of the molecule is O=C(CC1(C(=O)O)CCCC1)Nc1cc(Cl)nc(Cl)n1. The fourth-order valence-corrected chi connectivity index (χ4v) is 2.88. The predicted molar refractivity (Wildman–Crippen MR) is 73.8 cm³/mol. The molecule has 0 bridgehead atoms. The Morgan fingerprint density at radius 1 is 1.30 bits per heavy atom. The average Bonchev–Trinajstić information content (AvgIpc) is 2.76. The van der Waals surface area contributed by atoms with Crippen molar-refractivity contribution in [2.24, 2.45) is 5.41 Å². The molecule has 1 aromatic rings. The van der Waals surface area contributed by atoms with Gasteiger partial charge in [0.2, 0.25) is 11.2 Å². The molecule has 0 aliphatic heterocycles. The number of nitrogens with zero attached hydrogens (tertiary/aromatic N) is 2. The van der Waals surface area contributed by atoms with Crippen LogP contribution in [-0.4, -0.2) is 27.0 Å². The van der Waals surface area contributed by atoms with E-state index in [1.807, 2.05) is 0 Å². The summed E-state index contributed by atoms with van der Waals surface area (Å²) >= 11 is 11.3. The molecule has 1 fully saturated rings. The molecule has 0 unspecified atom stereocenters. The van der Waals surface area contributed by atoms with E-state index in [2.05, 4.69) is 15.3 Å². The number of hydrogen-bond donors (Lipinski definition) is 2. The van der Waals surface area contributed by atoms with Crippen LogP contribution in [0.3, 0.4) is 0 Å². The summed E-state index contributed by atoms with van der Waals surface area (Å²) in [5.41, 5.74) is -0.968. The molecule has 1 aliphatic rings. The van der Waals surface area contributed by atoms with Crippen LogP contribution in [-0.2, 0) is 9.59 Å². The summed E-state index contributed by atoms with van der Waals surface area (Å²) < 4.78 is 0. The summed E-state index contributed by atoms with van der Waals surface area (Å²) in [5.74, 6) is -1.18. The molecule has 1 aliphatic carbocycles. The Kier molecular flexibility index (Phi) is 4.45. The molecule has 0 atom stereocenters. The number of rotatable bonds is 4. The minimum Gasteiger partial charge on any atom is -0.481 e. The molecule has 0 saturated heterocycles. The van der Waals surface area contributed by atoms with Crippen LogP contribution >= 0.6 is 23.2 Å². The van der Waals surface area contributed by atoms with Crippen molar-refractivity contribution in [2.45, 2.75) is 32.1 Å². The molecule has 0 radical (unpaired) electrons. The van der Waals surface area contributed by atoms with Gasteiger partial charge in [-0.3, -0.25) is 9.59 Å². The summed E-state index contributed by atoms with van der Waals surface area (Å²) in [6, 6.07) is 1.35. The zero-order valence-electron chi connectivity index (χ0n) is 10.5. The maximum atomic E-state index is 12.0. The fraction of sp³-hybridized carbons (Fsp3) is 0.500. The van der Waals surface area contributed by atoms with E-state index in [4.69, 9.17) is 23.2 Å². The number of carboxylic acid groups (broad SMARTS) is 1. The lowest BCUT2D eigenvalue weighted by atomic mass is 9.82. The Morgan fingerprint density at radius 2 is 1.95 bits per heavy atom. The van der Waals surface area contributed by atoms with Crippen LogP contribution in [0.4, 0.5) is 5.82 Å². The van der Waals surface area contributed by atoms with E-state index < -0.39 is 17.3 Å². The molecular weight excluding hydrogens is 305 g/mol. The van der Waals surface area contributed by atoms with E-state index in [0.717, 1.165) is 12.8 Å². The van der Waals surface area contributed by atoms with E-state index in [0.29, 0.717) is 12.8 Å². The minimum atomic E-state index is -0.968. The van der Waals surface area contributed by atoms with Gasteiger partial charge in [0.25, 0.3) is 0 Å². The third-order valence-corrected chi connectivity index (χ3v) is 3.81. The molecular formula is C12H13Cl2N3O3. The molecule has 6 nitrogen and oxygen atoms in total. The van der Waals surface area contributed by atoms with Gasteiger partial charge < -0.3 is 10.4 Å². The highest BCUT2D eigenvalue weighted by atomic mass is 35.5. The Hall–Kier alpha value is -1.40. The van der Waals surface area contributed by atoms with Crippen molar-refractivity contribution in [2.75, 3.05) is 5.32 Å². The van der Waals surface area contributed by atoms with Crippen LogP contribution in [0.15, 0.2) is 6.07 Å². The number of amides is 1. The van der Waals surface area contributed by atoms with Crippen LogP contribution in [0, 0.1) is 5.41 Å². The van der Waals surface area contributed by atoms with Gasteiger partial charge in [-0.25, -0.2) is 9.97 Å². The molecule has 0 aromatic carbocycles. The highest BCUT2D eigenvalue weighted by Crippen LogP contribution is 2.41. The monoisotopic (exact) mass is 317 g/mol. The summed E-state index contributed by atoms with van der Waals surface area (Å²) in [6.07, 6.45) is 2.60. The van der Waals surface area contributed by atoms with Crippen molar-refractivity contribution < 1.29 is 14.7 Å². The van der Waals surface area contributed by atoms with Crippen LogP contribution in [0.25, 0.3) is 0 Å². The van der Waals surface area contributed by atoms with E-state index in [1.54, 1.807) is 0 Å². The van der Waals surface area contributed by atoms with Crippen LogP contribution in [0.5, 0.6) is 0 Å². The van der Waals surface area contributed by atoms with Gasteiger partial charge in [-0.2, -0.15) is 0 Å². The number of aromatic nitrogens is 2. The van der Waals surface area contributed by atoms with Gasteiger partial charge in [-0.1, -0.05) is 24.4 Å². The number of hydrogen-bond acceptors (Lipinski definition) is 4. The molecule has 2 N–H and O–H groups in total. The number of nitrogens with one attached hydrogen (secondary N) is 1. The summed E-state index contributed by atoms with van der Waals surface area (Å²) in [7, 11) is 0. The molecule has 20 heavy (non-hydrogen) atoms. The van der Waals surface area contributed by atoms with Gasteiger partial charge in [0.05, 0.1) is 5.41 Å². The number of carboxylic acids is 1. The summed E-state index contributed by atoms with van der Waals surface area (Å²) in [6.45, 7) is 0. The second-order valence-electron chi connectivity index (χ2n) is 4.86. The highest BCUT2D eigenvalue weighted by molar-refractivity contribution is 6.32. The standard InChI is InChI=1S/C12H13Cl2N3O3/c13-7-5-8(17-11(14)15-7)16-9(18)6-12(10(19)20)3-1-2-4-12/h5H,1-4,6H2,(H,19,20)(H,15,16,17,18). The predicted octanol–water partition coefficient (Wildman–Crippen LogP) is 2.76. The Balaban J connectivity index is 2.06. The average molecular weight is 318 g/mol. The van der Waals surface area contributed by atoms with Crippen LogP contribution in [0.1, 0.15) is 32.1 Å². The van der Waals surface area contributed by atoms with E-state index in [1.165, 1.54) is 6.07 Å². The van der Waals surface area contributed by atoms with Crippen molar-refractivity contribution in [1.82, 2.24) is 9.97 Å². The van der Waals surface area contributed by atoms with Gasteiger partial charge in [-0.15, -0.1) is 0 Å². The van der Waals surface area contributed by atoms with E-state index >= 15 is 0 Å². The maximum absolute atomic E-state index is 12.0. The van der Waals surface area contributed by atoms with Crippen molar-refractivity contribution in [3.8, 4) is 0 Å². The summed E-state index contributed by atoms with van der Waals surface area (Å²) in [4.78, 5) is 30.8. The first-order valence-corrected chi connectivity index (χ1v) is 6.90. The van der Waals surface area contributed by atoms with Crippen molar-refractivity contribution >= 4 is 40.9 Å².